The van der Waals surface area contributed by atoms with Crippen LogP contribution in [0.5, 0.6) is 0 Å². The van der Waals surface area contributed by atoms with E-state index in [1.54, 1.807) is 12.1 Å². The largest absolute Gasteiger partial charge is 0.371 e. The number of nitrogens with one attached hydrogen (secondary N) is 1. The number of benzene rings is 3. The lowest BCUT2D eigenvalue weighted by Gasteiger charge is -2.40. The van der Waals surface area contributed by atoms with Crippen LogP contribution < -0.4 is 20.0 Å². The summed E-state index contributed by atoms with van der Waals surface area (Å²) in [7, 11) is 0. The summed E-state index contributed by atoms with van der Waals surface area (Å²) >= 11 is 6.38. The van der Waals surface area contributed by atoms with Gasteiger partial charge in [0.25, 0.3) is 17.7 Å². The maximum Gasteiger partial charge on any atom is 0.262 e. The lowest BCUT2D eigenvalue weighted by Crippen LogP contribution is -2.54. The Kier molecular flexibility index (Phi) is 9.88. The van der Waals surface area contributed by atoms with E-state index in [9.17, 15) is 29.2 Å². The van der Waals surface area contributed by atoms with Gasteiger partial charge in [0.1, 0.15) is 12.1 Å². The number of hydrogen-bond donors (Lipinski definition) is 1. The molecule has 5 saturated heterocycles. The molecule has 6 aliphatic rings. The van der Waals surface area contributed by atoms with Crippen molar-refractivity contribution in [1.82, 2.24) is 20.0 Å². The quantitative estimate of drug-likeness (QED) is 0.354. The summed E-state index contributed by atoms with van der Waals surface area (Å²) in [4.78, 5) is 76.8. The maximum absolute atomic E-state index is 13.6. The van der Waals surface area contributed by atoms with E-state index in [0.29, 0.717) is 46.9 Å². The van der Waals surface area contributed by atoms with E-state index in [1.165, 1.54) is 0 Å². The molecule has 6 heterocycles. The number of carbonyl (C=O) groups excluding carboxylic acids is 5. The molecule has 1 unspecified atom stereocenters. The Hall–Kier alpha value is -5.45. The molecule has 58 heavy (non-hydrogen) atoms. The van der Waals surface area contributed by atoms with Crippen molar-refractivity contribution in [2.45, 2.75) is 63.6 Å². The zero-order valence-corrected chi connectivity index (χ0v) is 33.4. The van der Waals surface area contributed by atoms with Gasteiger partial charge in [-0.2, -0.15) is 5.26 Å². The number of fused-ring (bicyclic) bond motifs is 1. The zero-order chi connectivity index (χ0) is 40.3. The molecule has 0 aromatic heterocycles. The van der Waals surface area contributed by atoms with E-state index in [4.69, 9.17) is 11.6 Å². The number of carbonyl (C=O) groups is 5. The Morgan fingerprint density at radius 1 is 0.810 bits per heavy atom. The van der Waals surface area contributed by atoms with Crippen molar-refractivity contribution >= 4 is 58.2 Å². The van der Waals surface area contributed by atoms with Gasteiger partial charge in [0, 0.05) is 100 Å². The molecule has 0 bridgehead atoms. The van der Waals surface area contributed by atoms with Crippen LogP contribution in [0, 0.1) is 16.7 Å². The molecule has 6 aliphatic heterocycles. The topological polar surface area (TPSA) is 141 Å². The number of piperidine rings is 2. The van der Waals surface area contributed by atoms with Gasteiger partial charge >= 0.3 is 0 Å². The zero-order valence-electron chi connectivity index (χ0n) is 32.7. The van der Waals surface area contributed by atoms with Gasteiger partial charge in [-0.3, -0.25) is 39.1 Å². The summed E-state index contributed by atoms with van der Waals surface area (Å²) < 4.78 is 0. The van der Waals surface area contributed by atoms with Gasteiger partial charge in [0.15, 0.2) is 0 Å². The fraction of sp³-hybridized carbons (Fsp3) is 0.455. The molecule has 0 radical (unpaired) electrons. The van der Waals surface area contributed by atoms with Crippen LogP contribution in [0.4, 0.5) is 17.1 Å². The standard InChI is InChI=1S/C44H47ClN8O5/c1-28-24-44(27-52(28)33-7-4-30(25-46)37(45)23-33)13-16-48(17-14-44)31-5-2-29(3-6-31)41(56)50-20-18-49(19-21-50)34-12-15-51(26-34)32-8-9-35-36(22-32)43(58)53(42(35)57)38-10-11-39(54)47-40(38)55/h2-9,22-23,28,34,38H,10-21,24,26-27H2,1H3,(H,47,54,55)/t28-,34-,38?/m0/s1. The molecule has 1 spiro atoms. The van der Waals surface area contributed by atoms with Gasteiger partial charge in [-0.15, -0.1) is 0 Å². The predicted octanol–water partition coefficient (Wildman–Crippen LogP) is 4.53. The molecule has 1 N–H and O–H groups in total. The molecule has 0 aliphatic carbocycles. The van der Waals surface area contributed by atoms with Crippen LogP contribution in [0.2, 0.25) is 5.02 Å². The van der Waals surface area contributed by atoms with Gasteiger partial charge in [-0.1, -0.05) is 11.6 Å². The molecule has 3 aromatic rings. The number of amides is 5. The summed E-state index contributed by atoms with van der Waals surface area (Å²) in [5, 5.41) is 12.0. The molecule has 9 rings (SSSR count). The van der Waals surface area contributed by atoms with Crippen LogP contribution in [0.1, 0.15) is 82.1 Å². The summed E-state index contributed by atoms with van der Waals surface area (Å²) in [6, 6.07) is 21.0. The highest BCUT2D eigenvalue weighted by molar-refractivity contribution is 6.32. The number of halogens is 1. The molecule has 13 nitrogen and oxygen atoms in total. The second-order valence-corrected chi connectivity index (χ2v) is 17.3. The molecule has 14 heteroatoms. The van der Waals surface area contributed by atoms with E-state index in [2.05, 4.69) is 50.0 Å². The smallest absolute Gasteiger partial charge is 0.262 e. The normalized spacial score (nSPS) is 24.8. The average molecular weight is 803 g/mol. The molecule has 5 amide bonds. The van der Waals surface area contributed by atoms with Crippen LogP contribution in [0.3, 0.4) is 0 Å². The number of piperazine rings is 1. The van der Waals surface area contributed by atoms with E-state index in [1.807, 2.05) is 41.3 Å². The minimum atomic E-state index is -0.985. The molecule has 3 aromatic carbocycles. The van der Waals surface area contributed by atoms with Crippen molar-refractivity contribution in [2.75, 3.05) is 73.6 Å². The van der Waals surface area contributed by atoms with Crippen LogP contribution in [0.25, 0.3) is 0 Å². The monoisotopic (exact) mass is 802 g/mol. The number of nitriles is 1. The number of imide groups is 2. The lowest BCUT2D eigenvalue weighted by atomic mass is 9.76. The third kappa shape index (κ3) is 6.86. The Morgan fingerprint density at radius 3 is 2.22 bits per heavy atom. The minimum Gasteiger partial charge on any atom is -0.371 e. The van der Waals surface area contributed by atoms with Crippen molar-refractivity contribution in [3.8, 4) is 6.07 Å². The van der Waals surface area contributed by atoms with Gasteiger partial charge in [-0.05, 0) is 105 Å². The second-order valence-electron chi connectivity index (χ2n) is 16.9. The fourth-order valence-electron chi connectivity index (χ4n) is 10.3. The molecular weight excluding hydrogens is 756 g/mol. The Balaban J connectivity index is 0.753. The number of nitrogens with zero attached hydrogens (tertiary/aromatic N) is 7. The SMILES string of the molecule is C[C@H]1CC2(CCN(c3ccc(C(=O)N4CCN([C@H]5CCN(c6ccc7c(c6)C(=O)N(C6CCC(=O)NC6=O)C7=O)C5)CC4)cc3)CC2)CN1c1ccc(C#N)c(Cl)c1. The molecule has 0 saturated carbocycles. The second kappa shape index (κ2) is 15.1. The number of hydrogen-bond acceptors (Lipinski definition) is 10. The third-order valence-electron chi connectivity index (χ3n) is 13.5. The Labute approximate surface area is 343 Å². The lowest BCUT2D eigenvalue weighted by molar-refractivity contribution is -0.136. The summed E-state index contributed by atoms with van der Waals surface area (Å²) in [6.45, 7) is 9.65. The highest BCUT2D eigenvalue weighted by Gasteiger charge is 2.46. The van der Waals surface area contributed by atoms with Gasteiger partial charge < -0.3 is 19.6 Å². The Morgan fingerprint density at radius 2 is 1.52 bits per heavy atom. The van der Waals surface area contributed by atoms with Crippen LogP contribution in [-0.4, -0.2) is 121 Å². The third-order valence-corrected chi connectivity index (χ3v) is 13.9. The highest BCUT2D eigenvalue weighted by Crippen LogP contribution is 2.46. The van der Waals surface area contributed by atoms with Crippen molar-refractivity contribution in [1.29, 1.82) is 5.26 Å². The van der Waals surface area contributed by atoms with Crippen LogP contribution >= 0.6 is 11.6 Å². The summed E-state index contributed by atoms with van der Waals surface area (Å²) in [5.41, 5.74) is 5.12. The van der Waals surface area contributed by atoms with Crippen molar-refractivity contribution in [2.24, 2.45) is 5.41 Å². The van der Waals surface area contributed by atoms with E-state index in [-0.39, 0.29) is 29.7 Å². The highest BCUT2D eigenvalue weighted by atomic mass is 35.5. The number of rotatable bonds is 6. The molecular formula is C44H47ClN8O5. The average Bonchev–Trinajstić information content (AvgIpc) is 3.92. The maximum atomic E-state index is 13.6. The van der Waals surface area contributed by atoms with Crippen LogP contribution in [0.15, 0.2) is 60.7 Å². The number of anilines is 3. The molecule has 5 fully saturated rings. The van der Waals surface area contributed by atoms with E-state index < -0.39 is 29.7 Å². The predicted molar refractivity (Wildman–Crippen MR) is 219 cm³/mol. The summed E-state index contributed by atoms with van der Waals surface area (Å²) in [6.07, 6.45) is 4.49. The molecule has 300 valence electrons. The van der Waals surface area contributed by atoms with Crippen LogP contribution in [-0.2, 0) is 9.59 Å². The van der Waals surface area contributed by atoms with Crippen molar-refractivity contribution < 1.29 is 24.0 Å². The van der Waals surface area contributed by atoms with Gasteiger partial charge in [0.05, 0.1) is 21.7 Å². The first-order valence-electron chi connectivity index (χ1n) is 20.5. The van der Waals surface area contributed by atoms with Gasteiger partial charge in [-0.25, -0.2) is 0 Å². The summed E-state index contributed by atoms with van der Waals surface area (Å²) in [5.74, 6) is -1.95. The first-order valence-corrected chi connectivity index (χ1v) is 20.8. The van der Waals surface area contributed by atoms with Crippen molar-refractivity contribution in [3.63, 3.8) is 0 Å². The van der Waals surface area contributed by atoms with Gasteiger partial charge in [0.2, 0.25) is 11.8 Å². The fourth-order valence-corrected chi connectivity index (χ4v) is 10.5. The minimum absolute atomic E-state index is 0.0588. The first-order chi connectivity index (χ1) is 28.0. The van der Waals surface area contributed by atoms with E-state index >= 15 is 0 Å². The Bertz CT molecular complexity index is 2220. The van der Waals surface area contributed by atoms with E-state index in [0.717, 1.165) is 93.5 Å². The molecule has 3 atom stereocenters. The van der Waals surface area contributed by atoms with Crippen molar-refractivity contribution in [3.05, 3.63) is 87.9 Å². The first kappa shape index (κ1) is 38.1.